The monoisotopic (exact) mass is 212 g/mol. The molecule has 0 atom stereocenters. The highest BCUT2D eigenvalue weighted by molar-refractivity contribution is 4.82. The molecular weight excluding hydrogens is 188 g/mol. The normalized spacial score (nSPS) is 10.5. The molecule has 0 bridgehead atoms. The van der Waals surface area contributed by atoms with Gasteiger partial charge in [-0.3, -0.25) is 0 Å². The Morgan fingerprint density at radius 3 is 2.00 bits per heavy atom. The highest BCUT2D eigenvalue weighted by Gasteiger charge is 2.03. The Balaban J connectivity index is 3.08. The number of methoxy groups -OCH3 is 2. The summed E-state index contributed by atoms with van der Waals surface area (Å²) in [6.07, 6.45) is 14.6. The van der Waals surface area contributed by atoms with E-state index in [9.17, 15) is 0 Å². The fourth-order valence-electron chi connectivity index (χ4n) is 1.58. The number of hydrogen-bond donors (Lipinski definition) is 0. The van der Waals surface area contributed by atoms with Crippen molar-refractivity contribution in [2.75, 3.05) is 14.2 Å². The first-order valence-electron chi connectivity index (χ1n) is 5.84. The van der Waals surface area contributed by atoms with Crippen LogP contribution in [-0.2, 0) is 9.47 Å². The predicted molar refractivity (Wildman–Crippen MR) is 63.6 cm³/mol. The second-order valence-electron chi connectivity index (χ2n) is 3.77. The number of unbranched alkanes of at least 4 members (excludes halogenated alkanes) is 6. The molecular formula is C13H24O2. The van der Waals surface area contributed by atoms with Gasteiger partial charge in [0.15, 0.2) is 6.29 Å². The van der Waals surface area contributed by atoms with E-state index in [1.165, 1.54) is 38.5 Å². The fourth-order valence-corrected chi connectivity index (χ4v) is 1.58. The first kappa shape index (κ1) is 14.5. The molecule has 0 spiro atoms. The minimum absolute atomic E-state index is 0.0218. The van der Waals surface area contributed by atoms with E-state index in [0.717, 1.165) is 12.8 Å². The Bertz CT molecular complexity index is 156. The molecule has 0 fully saturated rings. The van der Waals surface area contributed by atoms with Gasteiger partial charge >= 0.3 is 0 Å². The van der Waals surface area contributed by atoms with E-state index >= 15 is 0 Å². The maximum atomic E-state index is 5.18. The van der Waals surface area contributed by atoms with Gasteiger partial charge in [-0.1, -0.05) is 25.7 Å². The van der Waals surface area contributed by atoms with Crippen LogP contribution in [0.3, 0.4) is 0 Å². The van der Waals surface area contributed by atoms with Gasteiger partial charge in [0, 0.05) is 20.6 Å². The summed E-state index contributed by atoms with van der Waals surface area (Å²) in [5.41, 5.74) is 0. The van der Waals surface area contributed by atoms with Crippen molar-refractivity contribution in [3.63, 3.8) is 0 Å². The lowest BCUT2D eigenvalue weighted by Crippen LogP contribution is -2.12. The van der Waals surface area contributed by atoms with Gasteiger partial charge in [-0.2, -0.15) is 0 Å². The molecule has 0 amide bonds. The first-order chi connectivity index (χ1) is 7.35. The molecule has 0 radical (unpaired) electrons. The Labute approximate surface area is 94.3 Å². The summed E-state index contributed by atoms with van der Waals surface area (Å²) in [6, 6.07) is 0. The Morgan fingerprint density at radius 1 is 0.933 bits per heavy atom. The fraction of sp³-hybridized carbons (Fsp3) is 0.846. The van der Waals surface area contributed by atoms with E-state index in [1.807, 2.05) is 0 Å². The summed E-state index contributed by atoms with van der Waals surface area (Å²) in [7, 11) is 3.38. The lowest BCUT2D eigenvalue weighted by molar-refractivity contribution is -0.107. The molecule has 0 aliphatic rings. The van der Waals surface area contributed by atoms with Crippen molar-refractivity contribution < 1.29 is 9.47 Å². The SMILES string of the molecule is C#CCCCCCCCCC(OC)OC. The van der Waals surface area contributed by atoms with Crippen molar-refractivity contribution in [3.05, 3.63) is 0 Å². The van der Waals surface area contributed by atoms with Crippen LogP contribution in [0.25, 0.3) is 0 Å². The zero-order valence-electron chi connectivity index (χ0n) is 10.1. The molecule has 0 aliphatic carbocycles. The lowest BCUT2D eigenvalue weighted by Gasteiger charge is -2.12. The van der Waals surface area contributed by atoms with Gasteiger partial charge in [0.25, 0.3) is 0 Å². The van der Waals surface area contributed by atoms with Crippen molar-refractivity contribution in [1.82, 2.24) is 0 Å². The van der Waals surface area contributed by atoms with E-state index in [0.29, 0.717) is 0 Å². The van der Waals surface area contributed by atoms with E-state index in [-0.39, 0.29) is 6.29 Å². The third-order valence-electron chi connectivity index (χ3n) is 2.54. The number of ether oxygens (including phenoxy) is 2. The zero-order valence-corrected chi connectivity index (χ0v) is 10.1. The van der Waals surface area contributed by atoms with Crippen LogP contribution in [0.1, 0.15) is 51.4 Å². The third-order valence-corrected chi connectivity index (χ3v) is 2.54. The van der Waals surface area contributed by atoms with Gasteiger partial charge in [-0.25, -0.2) is 0 Å². The van der Waals surface area contributed by atoms with Crippen molar-refractivity contribution in [2.45, 2.75) is 57.7 Å². The van der Waals surface area contributed by atoms with Crippen LogP contribution in [0.4, 0.5) is 0 Å². The standard InChI is InChI=1S/C13H24O2/c1-4-5-6-7-8-9-10-11-12-13(14-2)15-3/h1,13H,5-12H2,2-3H3. The number of hydrogen-bond acceptors (Lipinski definition) is 2. The molecule has 2 heteroatoms. The van der Waals surface area contributed by atoms with E-state index in [2.05, 4.69) is 5.92 Å². The number of terminal acetylenes is 1. The Hall–Kier alpha value is -0.520. The smallest absolute Gasteiger partial charge is 0.156 e. The van der Waals surface area contributed by atoms with Gasteiger partial charge in [0.1, 0.15) is 0 Å². The first-order valence-corrected chi connectivity index (χ1v) is 5.84. The topological polar surface area (TPSA) is 18.5 Å². The van der Waals surface area contributed by atoms with Crippen molar-refractivity contribution in [1.29, 1.82) is 0 Å². The summed E-state index contributed by atoms with van der Waals surface area (Å²) in [5.74, 6) is 2.67. The minimum Gasteiger partial charge on any atom is -0.356 e. The van der Waals surface area contributed by atoms with Crippen LogP contribution >= 0.6 is 0 Å². The van der Waals surface area contributed by atoms with Gasteiger partial charge in [0.05, 0.1) is 0 Å². The highest BCUT2D eigenvalue weighted by Crippen LogP contribution is 2.10. The van der Waals surface area contributed by atoms with Crippen molar-refractivity contribution in [2.24, 2.45) is 0 Å². The second-order valence-corrected chi connectivity index (χ2v) is 3.77. The van der Waals surface area contributed by atoms with Crippen LogP contribution < -0.4 is 0 Å². The van der Waals surface area contributed by atoms with Crippen LogP contribution in [0.15, 0.2) is 0 Å². The largest absolute Gasteiger partial charge is 0.356 e. The highest BCUT2D eigenvalue weighted by atomic mass is 16.7. The van der Waals surface area contributed by atoms with Crippen LogP contribution in [0.2, 0.25) is 0 Å². The molecule has 0 N–H and O–H groups in total. The summed E-state index contributed by atoms with van der Waals surface area (Å²) < 4.78 is 10.2. The maximum absolute atomic E-state index is 5.18. The molecule has 88 valence electrons. The molecule has 0 unspecified atom stereocenters. The number of rotatable bonds is 10. The maximum Gasteiger partial charge on any atom is 0.156 e. The molecule has 0 aliphatic heterocycles. The molecule has 0 heterocycles. The van der Waals surface area contributed by atoms with Gasteiger partial charge in [-0.05, 0) is 19.3 Å². The lowest BCUT2D eigenvalue weighted by atomic mass is 10.1. The van der Waals surface area contributed by atoms with E-state index in [4.69, 9.17) is 15.9 Å². The predicted octanol–water partition coefficient (Wildman–Crippen LogP) is 3.36. The average molecular weight is 212 g/mol. The van der Waals surface area contributed by atoms with Crippen molar-refractivity contribution >= 4 is 0 Å². The molecule has 0 aromatic rings. The summed E-state index contributed by atoms with van der Waals surface area (Å²) in [6.45, 7) is 0. The quantitative estimate of drug-likeness (QED) is 0.314. The molecule has 0 saturated carbocycles. The van der Waals surface area contributed by atoms with Crippen molar-refractivity contribution in [3.8, 4) is 12.3 Å². The molecule has 0 aromatic heterocycles. The third kappa shape index (κ3) is 9.78. The average Bonchev–Trinajstić information content (AvgIpc) is 2.27. The van der Waals surface area contributed by atoms with E-state index in [1.54, 1.807) is 14.2 Å². The molecule has 0 rings (SSSR count). The van der Waals surface area contributed by atoms with Gasteiger partial charge in [0.2, 0.25) is 0 Å². The Kier molecular flexibility index (Phi) is 11.2. The molecule has 0 saturated heterocycles. The summed E-state index contributed by atoms with van der Waals surface area (Å²) in [4.78, 5) is 0. The van der Waals surface area contributed by atoms with Gasteiger partial charge < -0.3 is 9.47 Å². The zero-order chi connectivity index (χ0) is 11.4. The molecule has 15 heavy (non-hydrogen) atoms. The molecule has 0 aromatic carbocycles. The summed E-state index contributed by atoms with van der Waals surface area (Å²) in [5, 5.41) is 0. The molecule has 2 nitrogen and oxygen atoms in total. The minimum atomic E-state index is -0.0218. The van der Waals surface area contributed by atoms with Gasteiger partial charge in [-0.15, -0.1) is 12.3 Å². The summed E-state index contributed by atoms with van der Waals surface area (Å²) >= 11 is 0. The van der Waals surface area contributed by atoms with Crippen LogP contribution in [0, 0.1) is 12.3 Å². The second kappa shape index (κ2) is 11.6. The van der Waals surface area contributed by atoms with Crippen LogP contribution in [0.5, 0.6) is 0 Å². The van der Waals surface area contributed by atoms with E-state index < -0.39 is 0 Å². The Morgan fingerprint density at radius 2 is 1.47 bits per heavy atom. The van der Waals surface area contributed by atoms with Crippen LogP contribution in [-0.4, -0.2) is 20.5 Å².